The van der Waals surface area contributed by atoms with Crippen LogP contribution in [-0.4, -0.2) is 44.0 Å². The molecule has 0 bridgehead atoms. The van der Waals surface area contributed by atoms with Crippen molar-refractivity contribution in [2.45, 2.75) is 57.8 Å². The lowest BCUT2D eigenvalue weighted by atomic mass is 9.94. The monoisotopic (exact) mass is 558 g/mol. The van der Waals surface area contributed by atoms with Gasteiger partial charge >= 0.3 is 5.97 Å². The van der Waals surface area contributed by atoms with E-state index < -0.39 is 24.6 Å². The Morgan fingerprint density at radius 2 is 1.46 bits per heavy atom. The molecule has 4 aromatic rings. The van der Waals surface area contributed by atoms with Gasteiger partial charge in [-0.05, 0) is 66.3 Å². The third kappa shape index (κ3) is 7.28. The zero-order chi connectivity index (χ0) is 29.5. The van der Waals surface area contributed by atoms with Crippen LogP contribution in [0.15, 0.2) is 84.9 Å². The van der Waals surface area contributed by atoms with E-state index in [2.05, 4.69) is 5.32 Å². The van der Waals surface area contributed by atoms with E-state index in [0.29, 0.717) is 28.1 Å². The summed E-state index contributed by atoms with van der Waals surface area (Å²) in [6, 6.07) is 24.8. The molecule has 0 fully saturated rings. The first-order valence-corrected chi connectivity index (χ1v) is 13.7. The Bertz CT molecular complexity index is 1470. The summed E-state index contributed by atoms with van der Waals surface area (Å²) >= 11 is 0. The largest absolute Gasteiger partial charge is 0.481 e. The Morgan fingerprint density at radius 1 is 0.854 bits per heavy atom. The molecule has 0 aliphatic rings. The number of aliphatic carboxylic acids is 1. The molecular formula is C33H35FN2O5. The number of amides is 1. The van der Waals surface area contributed by atoms with Crippen LogP contribution in [0.2, 0.25) is 0 Å². The minimum absolute atomic E-state index is 0.0939. The summed E-state index contributed by atoms with van der Waals surface area (Å²) in [5.41, 5.74) is 4.77. The van der Waals surface area contributed by atoms with Crippen LogP contribution in [0, 0.1) is 5.82 Å². The van der Waals surface area contributed by atoms with Crippen molar-refractivity contribution in [1.29, 1.82) is 0 Å². The zero-order valence-electron chi connectivity index (χ0n) is 23.1. The van der Waals surface area contributed by atoms with Crippen molar-refractivity contribution in [3.8, 4) is 22.4 Å². The third-order valence-electron chi connectivity index (χ3n) is 6.93. The fourth-order valence-electron chi connectivity index (χ4n) is 5.20. The van der Waals surface area contributed by atoms with Gasteiger partial charge in [-0.2, -0.15) is 0 Å². The minimum Gasteiger partial charge on any atom is -0.481 e. The Balaban J connectivity index is 1.89. The van der Waals surface area contributed by atoms with Crippen molar-refractivity contribution in [2.75, 3.05) is 5.32 Å². The number of carbonyl (C=O) groups excluding carboxylic acids is 1. The molecule has 0 radical (unpaired) electrons. The highest BCUT2D eigenvalue weighted by atomic mass is 19.1. The Labute approximate surface area is 238 Å². The maximum absolute atomic E-state index is 14.0. The first-order valence-electron chi connectivity index (χ1n) is 13.7. The van der Waals surface area contributed by atoms with E-state index in [0.717, 1.165) is 11.3 Å². The second-order valence-corrected chi connectivity index (χ2v) is 10.4. The van der Waals surface area contributed by atoms with Crippen LogP contribution in [0.4, 0.5) is 10.1 Å². The molecule has 2 atom stereocenters. The Hall–Kier alpha value is -4.27. The van der Waals surface area contributed by atoms with Crippen LogP contribution >= 0.6 is 0 Å². The molecule has 41 heavy (non-hydrogen) atoms. The van der Waals surface area contributed by atoms with Crippen LogP contribution < -0.4 is 5.32 Å². The number of rotatable bonds is 12. The topological polar surface area (TPSA) is 112 Å². The molecule has 1 amide bonds. The average molecular weight is 559 g/mol. The molecule has 0 aliphatic heterocycles. The average Bonchev–Trinajstić information content (AvgIpc) is 3.28. The number of halogens is 1. The number of aliphatic hydroxyl groups excluding tert-OH is 2. The summed E-state index contributed by atoms with van der Waals surface area (Å²) in [5.74, 6) is -1.93. The molecule has 0 spiro atoms. The van der Waals surface area contributed by atoms with Crippen LogP contribution in [-0.2, 0) is 11.3 Å². The first-order chi connectivity index (χ1) is 19.7. The van der Waals surface area contributed by atoms with E-state index in [-0.39, 0.29) is 37.0 Å². The molecule has 3 aromatic carbocycles. The second kappa shape index (κ2) is 13.4. The van der Waals surface area contributed by atoms with Gasteiger partial charge in [0.15, 0.2) is 0 Å². The molecule has 7 nitrogen and oxygen atoms in total. The maximum Gasteiger partial charge on any atom is 0.305 e. The molecule has 1 heterocycles. The van der Waals surface area contributed by atoms with Crippen LogP contribution in [0.3, 0.4) is 0 Å². The van der Waals surface area contributed by atoms with Crippen molar-refractivity contribution in [2.24, 2.45) is 0 Å². The standard InChI is InChI=1S/C33H35FN2O5/c1-21(2)31-30(33(41)35-25-11-7-4-8-12-25)29(22-9-5-3-6-10-22)32(23-13-15-24(34)16-14-23)36(31)18-17-26(37)19-27(38)20-28(39)40/h3-16,21,26-27,37-38H,17-20H2,1-2H3,(H,35,41)(H,39,40)/t26-,27+/m1/s1. The summed E-state index contributed by atoms with van der Waals surface area (Å²) in [6.07, 6.45) is -2.51. The predicted octanol–water partition coefficient (Wildman–Crippen LogP) is 6.31. The lowest BCUT2D eigenvalue weighted by Gasteiger charge is -2.20. The molecule has 0 unspecified atom stereocenters. The number of nitrogens with zero attached hydrogens (tertiary/aromatic N) is 1. The van der Waals surface area contributed by atoms with E-state index in [9.17, 15) is 24.2 Å². The number of carboxylic acid groups (broad SMARTS) is 1. The van der Waals surface area contributed by atoms with E-state index >= 15 is 0 Å². The van der Waals surface area contributed by atoms with Gasteiger partial charge in [0.25, 0.3) is 5.91 Å². The normalized spacial score (nSPS) is 12.7. The summed E-state index contributed by atoms with van der Waals surface area (Å²) in [5, 5.41) is 32.8. The molecule has 0 aliphatic carbocycles. The van der Waals surface area contributed by atoms with Crippen molar-refractivity contribution in [3.63, 3.8) is 0 Å². The fraction of sp³-hybridized carbons (Fsp3) is 0.273. The van der Waals surface area contributed by atoms with E-state index in [1.54, 1.807) is 12.1 Å². The van der Waals surface area contributed by atoms with Gasteiger partial charge in [0.1, 0.15) is 5.82 Å². The van der Waals surface area contributed by atoms with E-state index in [1.165, 1.54) is 12.1 Å². The first kappa shape index (κ1) is 29.7. The molecule has 214 valence electrons. The number of anilines is 1. The van der Waals surface area contributed by atoms with Gasteiger partial charge in [-0.1, -0.05) is 62.4 Å². The number of hydrogen-bond acceptors (Lipinski definition) is 4. The summed E-state index contributed by atoms with van der Waals surface area (Å²) in [6.45, 7) is 4.25. The summed E-state index contributed by atoms with van der Waals surface area (Å²) < 4.78 is 16.0. The van der Waals surface area contributed by atoms with Crippen molar-refractivity contribution >= 4 is 17.6 Å². The van der Waals surface area contributed by atoms with Gasteiger partial charge < -0.3 is 25.2 Å². The smallest absolute Gasteiger partial charge is 0.305 e. The molecule has 0 saturated carbocycles. The van der Waals surface area contributed by atoms with Gasteiger partial charge in [0.05, 0.1) is 29.9 Å². The molecule has 0 saturated heterocycles. The maximum atomic E-state index is 14.0. The van der Waals surface area contributed by atoms with Crippen LogP contribution in [0.1, 0.15) is 55.1 Å². The van der Waals surface area contributed by atoms with Gasteiger partial charge in [0.2, 0.25) is 0 Å². The summed E-state index contributed by atoms with van der Waals surface area (Å²) in [7, 11) is 0. The Kier molecular flexibility index (Phi) is 9.70. The number of hydrogen-bond donors (Lipinski definition) is 4. The zero-order valence-corrected chi connectivity index (χ0v) is 23.1. The van der Waals surface area contributed by atoms with Crippen molar-refractivity contribution in [3.05, 3.63) is 102 Å². The van der Waals surface area contributed by atoms with Gasteiger partial charge in [-0.25, -0.2) is 4.39 Å². The van der Waals surface area contributed by atoms with Crippen LogP contribution in [0.25, 0.3) is 22.4 Å². The lowest BCUT2D eigenvalue weighted by molar-refractivity contribution is -0.139. The van der Waals surface area contributed by atoms with Crippen molar-refractivity contribution < 1.29 is 29.3 Å². The third-order valence-corrected chi connectivity index (χ3v) is 6.93. The minimum atomic E-state index is -1.18. The quantitative estimate of drug-likeness (QED) is 0.163. The van der Waals surface area contributed by atoms with Crippen LogP contribution in [0.5, 0.6) is 0 Å². The number of carbonyl (C=O) groups is 2. The van der Waals surface area contributed by atoms with Gasteiger partial charge in [-0.15, -0.1) is 0 Å². The number of aromatic nitrogens is 1. The Morgan fingerprint density at radius 3 is 2.05 bits per heavy atom. The van der Waals surface area contributed by atoms with Crippen molar-refractivity contribution in [1.82, 2.24) is 4.57 Å². The molecule has 4 rings (SSSR count). The highest BCUT2D eigenvalue weighted by Crippen LogP contribution is 2.42. The molecule has 4 N–H and O–H groups in total. The molecule has 1 aromatic heterocycles. The predicted molar refractivity (Wildman–Crippen MR) is 157 cm³/mol. The highest BCUT2D eigenvalue weighted by Gasteiger charge is 2.31. The van der Waals surface area contributed by atoms with Gasteiger partial charge in [0, 0.05) is 23.5 Å². The lowest BCUT2D eigenvalue weighted by Crippen LogP contribution is -2.22. The van der Waals surface area contributed by atoms with E-state index in [1.807, 2.05) is 79.1 Å². The second-order valence-electron chi connectivity index (χ2n) is 10.4. The van der Waals surface area contributed by atoms with Gasteiger partial charge in [-0.3, -0.25) is 9.59 Å². The number of nitrogens with one attached hydrogen (secondary N) is 1. The number of benzene rings is 3. The number of para-hydroxylation sites is 1. The fourth-order valence-corrected chi connectivity index (χ4v) is 5.20. The molecular weight excluding hydrogens is 523 g/mol. The number of carboxylic acids is 1. The summed E-state index contributed by atoms with van der Waals surface area (Å²) in [4.78, 5) is 25.0. The van der Waals surface area contributed by atoms with E-state index in [4.69, 9.17) is 5.11 Å². The highest BCUT2D eigenvalue weighted by molar-refractivity contribution is 6.12. The molecule has 8 heteroatoms. The SMILES string of the molecule is CC(C)c1c(C(=O)Nc2ccccc2)c(-c2ccccc2)c(-c2ccc(F)cc2)n1CC[C@@H](O)C[C@H](O)CC(=O)O. The number of aliphatic hydroxyl groups is 2.